The van der Waals surface area contributed by atoms with Crippen LogP contribution in [0.5, 0.6) is 0 Å². The van der Waals surface area contributed by atoms with Gasteiger partial charge in [0.15, 0.2) is 0 Å². The maximum absolute atomic E-state index is 8.81. The van der Waals surface area contributed by atoms with Crippen LogP contribution in [0.2, 0.25) is 19.6 Å². The summed E-state index contributed by atoms with van der Waals surface area (Å²) < 4.78 is 28.5. The van der Waals surface area contributed by atoms with Crippen LogP contribution in [0.1, 0.15) is 60.7 Å². The van der Waals surface area contributed by atoms with Crippen molar-refractivity contribution in [3.63, 3.8) is 0 Å². The zero-order valence-electron chi connectivity index (χ0n) is 33.0. The first-order chi connectivity index (χ1) is 25.3. The van der Waals surface area contributed by atoms with Gasteiger partial charge in [-0.3, -0.25) is 0 Å². The third-order valence-electron chi connectivity index (χ3n) is 9.52. The third kappa shape index (κ3) is 8.50. The van der Waals surface area contributed by atoms with Gasteiger partial charge in [-0.2, -0.15) is 11.3 Å². The average molecular weight is 882 g/mol. The van der Waals surface area contributed by atoms with E-state index in [-0.39, 0.29) is 26.0 Å². The number of thiophene rings is 1. The molecule has 0 bridgehead atoms. The zero-order chi connectivity index (χ0) is 37.4. The summed E-state index contributed by atoms with van der Waals surface area (Å²) in [6.07, 6.45) is 6.59. The maximum Gasteiger partial charge on any atom is 0.0799 e. The van der Waals surface area contributed by atoms with Gasteiger partial charge in [-0.05, 0) is 68.1 Å². The molecule has 1 fully saturated rings. The van der Waals surface area contributed by atoms with E-state index < -0.39 is 20.3 Å². The van der Waals surface area contributed by atoms with E-state index in [4.69, 9.17) is 4.11 Å². The Kier molecular flexibility index (Phi) is 10.6. The van der Waals surface area contributed by atoms with Crippen LogP contribution in [-0.2, 0) is 26.5 Å². The number of benzene rings is 4. The molecule has 1 aliphatic carbocycles. The van der Waals surface area contributed by atoms with Crippen LogP contribution in [0.15, 0.2) is 116 Å². The molecule has 8 rings (SSSR count). The molecule has 51 heavy (non-hydrogen) atoms. The summed E-state index contributed by atoms with van der Waals surface area (Å²) in [5, 5.41) is 3.72. The van der Waals surface area contributed by atoms with Crippen molar-refractivity contribution in [1.29, 1.82) is 0 Å². The molecule has 7 aromatic rings. The number of hydrogen-bond acceptors (Lipinski definition) is 3. The summed E-state index contributed by atoms with van der Waals surface area (Å²) in [4.78, 5) is 9.25. The van der Waals surface area contributed by atoms with Gasteiger partial charge in [-0.25, -0.2) is 0 Å². The van der Waals surface area contributed by atoms with E-state index in [9.17, 15) is 0 Å². The van der Waals surface area contributed by atoms with Gasteiger partial charge < -0.3 is 9.97 Å². The van der Waals surface area contributed by atoms with Crippen molar-refractivity contribution in [2.75, 3.05) is 0 Å². The first-order valence-electron chi connectivity index (χ1n) is 19.2. The summed E-state index contributed by atoms with van der Waals surface area (Å²) in [5.74, 6) is -0.518. The smallest absolute Gasteiger partial charge is 0.0799 e. The van der Waals surface area contributed by atoms with E-state index in [0.29, 0.717) is 0 Å². The van der Waals surface area contributed by atoms with E-state index in [1.54, 1.807) is 17.5 Å². The molecule has 1 aliphatic rings. The molecule has 1 saturated carbocycles. The van der Waals surface area contributed by atoms with Crippen LogP contribution < -0.4 is 5.19 Å². The molecule has 4 aromatic carbocycles. The Labute approximate surface area is 327 Å². The van der Waals surface area contributed by atoms with Gasteiger partial charge in [0.25, 0.3) is 0 Å². The van der Waals surface area contributed by atoms with Crippen molar-refractivity contribution in [2.45, 2.75) is 71.4 Å². The first kappa shape index (κ1) is 33.1. The molecule has 0 atom stereocenters. The molecule has 0 unspecified atom stereocenters. The normalized spacial score (nSPS) is 14.6. The third-order valence-corrected chi connectivity index (χ3v) is 12.7. The summed E-state index contributed by atoms with van der Waals surface area (Å²) >= 11 is 1.77. The second-order valence-electron chi connectivity index (χ2n) is 14.5. The van der Waals surface area contributed by atoms with Crippen molar-refractivity contribution in [2.24, 2.45) is 5.92 Å². The molecule has 2 nitrogen and oxygen atoms in total. The van der Waals surface area contributed by atoms with Crippen molar-refractivity contribution in [3.05, 3.63) is 139 Å². The fourth-order valence-electron chi connectivity index (χ4n) is 6.87. The van der Waals surface area contributed by atoms with E-state index in [1.807, 2.05) is 68.6 Å². The molecule has 261 valence electrons. The van der Waals surface area contributed by atoms with Crippen LogP contribution in [0.25, 0.3) is 53.8 Å². The second-order valence-corrected chi connectivity index (χ2v) is 20.6. The molecule has 5 heteroatoms. The summed E-state index contributed by atoms with van der Waals surface area (Å²) in [6.45, 7) is 10.8. The van der Waals surface area contributed by atoms with Crippen molar-refractivity contribution in [3.8, 4) is 33.6 Å². The van der Waals surface area contributed by atoms with Crippen molar-refractivity contribution < 1.29 is 24.2 Å². The number of hydrogen-bond donors (Lipinski definition) is 0. The van der Waals surface area contributed by atoms with E-state index in [0.717, 1.165) is 64.0 Å². The molecule has 0 saturated heterocycles. The first-order valence-corrected chi connectivity index (χ1v) is 22.0. The predicted molar refractivity (Wildman–Crippen MR) is 218 cm³/mol. The predicted octanol–water partition coefficient (Wildman–Crippen LogP) is 12.5. The Bertz CT molecular complexity index is 2360. The minimum atomic E-state index is -1.50. The van der Waals surface area contributed by atoms with E-state index in [2.05, 4.69) is 96.3 Å². The number of rotatable bonds is 7. The molecule has 1 radical (unpaired) electrons. The fourth-order valence-corrected chi connectivity index (χ4v) is 9.70. The molecule has 3 heterocycles. The second kappa shape index (κ2) is 16.3. The zero-order valence-corrected chi connectivity index (χ0v) is 34.2. The molecular weight excluding hydrogens is 833 g/mol. The van der Waals surface area contributed by atoms with Gasteiger partial charge in [-0.15, -0.1) is 59.7 Å². The molecule has 0 spiro atoms. The largest absolute Gasteiger partial charge is 0.305 e. The van der Waals surface area contributed by atoms with Crippen molar-refractivity contribution >= 4 is 44.8 Å². The van der Waals surface area contributed by atoms with Gasteiger partial charge in [0, 0.05) is 41.3 Å². The number of aromatic nitrogens is 2. The molecule has 0 amide bonds. The Morgan fingerprint density at radius 3 is 2.33 bits per heavy atom. The van der Waals surface area contributed by atoms with Crippen LogP contribution >= 0.6 is 11.3 Å². The topological polar surface area (TPSA) is 25.8 Å². The Hall–Kier alpha value is -3.73. The number of nitrogens with zero attached hydrogens (tertiary/aromatic N) is 2. The van der Waals surface area contributed by atoms with Crippen molar-refractivity contribution in [1.82, 2.24) is 9.97 Å². The summed E-state index contributed by atoms with van der Waals surface area (Å²) in [5.41, 5.74) is 7.91. The number of fused-ring (bicyclic) bond motifs is 3. The van der Waals surface area contributed by atoms with E-state index in [1.165, 1.54) is 31.8 Å². The van der Waals surface area contributed by atoms with Crippen LogP contribution in [0, 0.1) is 18.1 Å². The van der Waals surface area contributed by atoms with Gasteiger partial charge in [0.2, 0.25) is 0 Å². The van der Waals surface area contributed by atoms with Crippen LogP contribution in [0.4, 0.5) is 0 Å². The molecule has 0 aliphatic heterocycles. The van der Waals surface area contributed by atoms with Crippen LogP contribution in [0.3, 0.4) is 0 Å². The minimum Gasteiger partial charge on any atom is -0.305 e. The standard InChI is InChI=1S/C29H24NS.C17H22NSi.Ir/c1-2-9-22(10-3-1)23-13-14-24-25-11-6-12-26(29(25)31-28(24)19-23)27-18-21(15-16-30-27)17-20-7-4-5-8-20;1-13(2)15-11-16(14-9-7-6-8-10-14)18-12-17(15)19(3,4)5;/h1-3,6,9-11,13-16,18-20H,4-5,7-8,17H2;6-9,11-13H,1-5H3;/q2*-1;/i17D2;13D;. The van der Waals surface area contributed by atoms with Gasteiger partial charge in [0.05, 0.1) is 8.07 Å². The average Bonchev–Trinajstić information content (AvgIpc) is 3.84. The van der Waals surface area contributed by atoms with Gasteiger partial charge >= 0.3 is 0 Å². The quantitative estimate of drug-likeness (QED) is 0.118. The Balaban J connectivity index is 0.000000205. The summed E-state index contributed by atoms with van der Waals surface area (Å²) in [6, 6.07) is 41.6. The van der Waals surface area contributed by atoms with E-state index >= 15 is 0 Å². The Morgan fingerprint density at radius 2 is 1.61 bits per heavy atom. The summed E-state index contributed by atoms with van der Waals surface area (Å²) in [7, 11) is -1.50. The Morgan fingerprint density at radius 1 is 0.824 bits per heavy atom. The fraction of sp³-hybridized carbons (Fsp3) is 0.261. The molecule has 0 N–H and O–H groups in total. The minimum absolute atomic E-state index is 0. The molecular formula is C46H46IrN2SSi-2. The maximum atomic E-state index is 8.81. The number of pyridine rings is 2. The van der Waals surface area contributed by atoms with Gasteiger partial charge in [-0.1, -0.05) is 130 Å². The monoisotopic (exact) mass is 882 g/mol. The van der Waals surface area contributed by atoms with Crippen LogP contribution in [-0.4, -0.2) is 18.0 Å². The molecule has 3 aromatic heterocycles. The SMILES string of the molecule is [2H]C(C)(C)c1cc(-c2[c-]cccc2)ncc1[Si](C)(C)C.[2H]C([2H])(c1ccnc(-c2[c-]ccc3c2sc2cc(-c4ccccc4)ccc23)c1)C1CCCC1.[Ir]. The van der Waals surface area contributed by atoms with Gasteiger partial charge in [0.1, 0.15) is 0 Å².